The molecule has 0 saturated heterocycles. The van der Waals surface area contributed by atoms with Gasteiger partial charge in [0.1, 0.15) is 6.33 Å². The van der Waals surface area contributed by atoms with Gasteiger partial charge in [0.05, 0.1) is 10.6 Å². The lowest BCUT2D eigenvalue weighted by atomic mass is 10.0. The third kappa shape index (κ3) is 2.42. The van der Waals surface area contributed by atoms with Gasteiger partial charge in [-0.3, -0.25) is 0 Å². The standard InChI is InChI=1S/C12H14N4O2S/c1-7-5-10(19(14,17)18)11(12(13)8(7)2)9-3-4-15-6-16-9/h3-6H,13H2,1-2H3,(H2,14,17,18). The first-order valence-electron chi connectivity index (χ1n) is 5.51. The van der Waals surface area contributed by atoms with Crippen molar-refractivity contribution in [2.45, 2.75) is 18.7 Å². The van der Waals surface area contributed by atoms with Gasteiger partial charge in [0, 0.05) is 17.4 Å². The largest absolute Gasteiger partial charge is 0.398 e. The average molecular weight is 278 g/mol. The van der Waals surface area contributed by atoms with E-state index < -0.39 is 10.0 Å². The Kier molecular flexibility index (Phi) is 3.25. The predicted molar refractivity (Wildman–Crippen MR) is 72.7 cm³/mol. The first-order valence-corrected chi connectivity index (χ1v) is 7.06. The Morgan fingerprint density at radius 3 is 2.47 bits per heavy atom. The highest BCUT2D eigenvalue weighted by Gasteiger charge is 2.21. The van der Waals surface area contributed by atoms with Crippen LogP contribution in [0.25, 0.3) is 11.3 Å². The molecule has 7 heteroatoms. The molecule has 4 N–H and O–H groups in total. The molecule has 0 amide bonds. The van der Waals surface area contributed by atoms with E-state index in [1.165, 1.54) is 18.6 Å². The number of anilines is 1. The Labute approximate surface area is 111 Å². The van der Waals surface area contributed by atoms with Crippen LogP contribution in [-0.2, 0) is 10.0 Å². The molecule has 0 aliphatic heterocycles. The quantitative estimate of drug-likeness (QED) is 0.795. The Hall–Kier alpha value is -1.99. The molecule has 0 spiro atoms. The molecule has 0 fully saturated rings. The molecule has 2 rings (SSSR count). The van der Waals surface area contributed by atoms with Gasteiger partial charge < -0.3 is 5.73 Å². The Bertz CT molecular complexity index is 727. The molecule has 100 valence electrons. The zero-order chi connectivity index (χ0) is 14.2. The zero-order valence-corrected chi connectivity index (χ0v) is 11.4. The van der Waals surface area contributed by atoms with Gasteiger partial charge in [0.25, 0.3) is 0 Å². The maximum absolute atomic E-state index is 11.7. The fraction of sp³-hybridized carbons (Fsp3) is 0.167. The zero-order valence-electron chi connectivity index (χ0n) is 10.6. The van der Waals surface area contributed by atoms with Crippen LogP contribution in [0.3, 0.4) is 0 Å². The lowest BCUT2D eigenvalue weighted by molar-refractivity contribution is 0.598. The maximum Gasteiger partial charge on any atom is 0.238 e. The molecule has 19 heavy (non-hydrogen) atoms. The van der Waals surface area contributed by atoms with Crippen molar-refractivity contribution in [1.82, 2.24) is 9.97 Å². The molecule has 1 aromatic carbocycles. The molecular formula is C12H14N4O2S. The molecular weight excluding hydrogens is 264 g/mol. The number of benzene rings is 1. The van der Waals surface area contributed by atoms with E-state index in [0.717, 1.165) is 11.1 Å². The van der Waals surface area contributed by atoms with Gasteiger partial charge in [-0.05, 0) is 37.1 Å². The number of hydrogen-bond acceptors (Lipinski definition) is 5. The van der Waals surface area contributed by atoms with E-state index in [4.69, 9.17) is 10.9 Å². The number of nitrogens with two attached hydrogens (primary N) is 2. The van der Waals surface area contributed by atoms with Crippen molar-refractivity contribution in [2.75, 3.05) is 5.73 Å². The fourth-order valence-corrected chi connectivity index (χ4v) is 2.68. The number of primary sulfonamides is 1. The van der Waals surface area contributed by atoms with E-state index in [1.807, 2.05) is 6.92 Å². The van der Waals surface area contributed by atoms with E-state index in [-0.39, 0.29) is 4.90 Å². The summed E-state index contributed by atoms with van der Waals surface area (Å²) in [6.45, 7) is 3.60. The van der Waals surface area contributed by atoms with E-state index in [0.29, 0.717) is 16.9 Å². The Morgan fingerprint density at radius 2 is 1.95 bits per heavy atom. The van der Waals surface area contributed by atoms with Crippen LogP contribution in [0.5, 0.6) is 0 Å². The van der Waals surface area contributed by atoms with Crippen molar-refractivity contribution in [2.24, 2.45) is 5.14 Å². The van der Waals surface area contributed by atoms with E-state index in [9.17, 15) is 8.42 Å². The second-order valence-corrected chi connectivity index (χ2v) is 5.77. The first kappa shape index (κ1) is 13.4. The van der Waals surface area contributed by atoms with Crippen LogP contribution in [0.4, 0.5) is 5.69 Å². The minimum absolute atomic E-state index is 0.0215. The number of sulfonamides is 1. The summed E-state index contributed by atoms with van der Waals surface area (Å²) >= 11 is 0. The topological polar surface area (TPSA) is 112 Å². The highest BCUT2D eigenvalue weighted by atomic mass is 32.2. The first-order chi connectivity index (χ1) is 8.82. The summed E-state index contributed by atoms with van der Waals surface area (Å²) in [7, 11) is -3.88. The van der Waals surface area contributed by atoms with E-state index in [1.54, 1.807) is 13.0 Å². The third-order valence-electron chi connectivity index (χ3n) is 3.00. The van der Waals surface area contributed by atoms with E-state index >= 15 is 0 Å². The number of aromatic nitrogens is 2. The summed E-state index contributed by atoms with van der Waals surface area (Å²) in [5.41, 5.74) is 8.72. The summed E-state index contributed by atoms with van der Waals surface area (Å²) in [6, 6.07) is 3.10. The van der Waals surface area contributed by atoms with Crippen molar-refractivity contribution in [3.05, 3.63) is 35.8 Å². The van der Waals surface area contributed by atoms with Crippen molar-refractivity contribution >= 4 is 15.7 Å². The maximum atomic E-state index is 11.7. The molecule has 0 radical (unpaired) electrons. The summed E-state index contributed by atoms with van der Waals surface area (Å²) in [5.74, 6) is 0. The Balaban J connectivity index is 2.90. The van der Waals surface area contributed by atoms with Crippen LogP contribution in [-0.4, -0.2) is 18.4 Å². The highest BCUT2D eigenvalue weighted by Crippen LogP contribution is 2.34. The molecule has 1 aromatic heterocycles. The van der Waals surface area contributed by atoms with Gasteiger partial charge in [-0.25, -0.2) is 23.5 Å². The normalized spacial score (nSPS) is 11.5. The van der Waals surface area contributed by atoms with Crippen molar-refractivity contribution in [1.29, 1.82) is 0 Å². The number of nitrogen functional groups attached to an aromatic ring is 1. The average Bonchev–Trinajstić information content (AvgIpc) is 2.35. The molecule has 0 aliphatic carbocycles. The van der Waals surface area contributed by atoms with Crippen molar-refractivity contribution in [3.8, 4) is 11.3 Å². The van der Waals surface area contributed by atoms with Gasteiger partial charge in [0.15, 0.2) is 0 Å². The highest BCUT2D eigenvalue weighted by molar-refractivity contribution is 7.89. The number of aryl methyl sites for hydroxylation is 1. The second-order valence-electron chi connectivity index (χ2n) is 4.24. The fourth-order valence-electron chi connectivity index (χ4n) is 1.84. The number of rotatable bonds is 2. The molecule has 0 unspecified atom stereocenters. The molecule has 2 aromatic rings. The smallest absolute Gasteiger partial charge is 0.238 e. The van der Waals surface area contributed by atoms with Gasteiger partial charge >= 0.3 is 0 Å². The SMILES string of the molecule is Cc1cc(S(N)(=O)=O)c(-c2ccncn2)c(N)c1C. The summed E-state index contributed by atoms with van der Waals surface area (Å²) in [5, 5.41) is 5.26. The van der Waals surface area contributed by atoms with Gasteiger partial charge in [-0.15, -0.1) is 0 Å². The molecule has 6 nitrogen and oxygen atoms in total. The van der Waals surface area contributed by atoms with Gasteiger partial charge in [0.2, 0.25) is 10.0 Å². The summed E-state index contributed by atoms with van der Waals surface area (Å²) in [4.78, 5) is 7.82. The monoisotopic (exact) mass is 278 g/mol. The van der Waals surface area contributed by atoms with Crippen LogP contribution in [0.15, 0.2) is 29.6 Å². The van der Waals surface area contributed by atoms with Crippen LogP contribution in [0, 0.1) is 13.8 Å². The molecule has 1 heterocycles. The van der Waals surface area contributed by atoms with Crippen molar-refractivity contribution < 1.29 is 8.42 Å². The third-order valence-corrected chi connectivity index (χ3v) is 3.94. The van der Waals surface area contributed by atoms with Crippen LogP contribution in [0.2, 0.25) is 0 Å². The summed E-state index contributed by atoms with van der Waals surface area (Å²) < 4.78 is 23.4. The second kappa shape index (κ2) is 4.60. The van der Waals surface area contributed by atoms with E-state index in [2.05, 4.69) is 9.97 Å². The minimum atomic E-state index is -3.88. The minimum Gasteiger partial charge on any atom is -0.398 e. The van der Waals surface area contributed by atoms with Gasteiger partial charge in [-0.2, -0.15) is 0 Å². The van der Waals surface area contributed by atoms with Crippen molar-refractivity contribution in [3.63, 3.8) is 0 Å². The molecule has 0 bridgehead atoms. The van der Waals surface area contributed by atoms with Gasteiger partial charge in [-0.1, -0.05) is 0 Å². The molecule has 0 aliphatic rings. The Morgan fingerprint density at radius 1 is 1.26 bits per heavy atom. The summed E-state index contributed by atoms with van der Waals surface area (Å²) in [6.07, 6.45) is 2.85. The van der Waals surface area contributed by atoms with Crippen LogP contribution in [0.1, 0.15) is 11.1 Å². The lowest BCUT2D eigenvalue weighted by Crippen LogP contribution is -2.15. The number of hydrogen-bond donors (Lipinski definition) is 2. The number of nitrogens with zero attached hydrogens (tertiary/aromatic N) is 2. The molecule has 0 saturated carbocycles. The predicted octanol–water partition coefficient (Wildman–Crippen LogP) is 0.990. The lowest BCUT2D eigenvalue weighted by Gasteiger charge is -2.14. The van der Waals surface area contributed by atoms with Crippen LogP contribution >= 0.6 is 0 Å². The van der Waals surface area contributed by atoms with Crippen LogP contribution < -0.4 is 10.9 Å². The molecule has 0 atom stereocenters.